The van der Waals surface area contributed by atoms with Crippen molar-refractivity contribution in [2.75, 3.05) is 13.6 Å². The van der Waals surface area contributed by atoms with Gasteiger partial charge in [0.15, 0.2) is 0 Å². The van der Waals surface area contributed by atoms with Gasteiger partial charge in [-0.05, 0) is 55.6 Å². The SMILES string of the molecule is CN(Cc1cccnc1)C[C@H]1CC[C@@H](Cc2ccc3c(cnn3C)c2)O1. The number of aryl methyl sites for hydroxylation is 1. The second-order valence-electron chi connectivity index (χ2n) is 7.38. The molecule has 0 radical (unpaired) electrons. The summed E-state index contributed by atoms with van der Waals surface area (Å²) in [6.45, 7) is 1.88. The molecule has 3 aromatic rings. The van der Waals surface area contributed by atoms with Gasteiger partial charge in [0.1, 0.15) is 0 Å². The van der Waals surface area contributed by atoms with Crippen LogP contribution in [0.1, 0.15) is 24.0 Å². The summed E-state index contributed by atoms with van der Waals surface area (Å²) in [5.74, 6) is 0. The lowest BCUT2D eigenvalue weighted by atomic mass is 10.0. The first-order valence-electron chi connectivity index (χ1n) is 9.31. The molecule has 4 rings (SSSR count). The molecular formula is C21H26N4O. The highest BCUT2D eigenvalue weighted by molar-refractivity contribution is 5.79. The highest BCUT2D eigenvalue weighted by atomic mass is 16.5. The summed E-state index contributed by atoms with van der Waals surface area (Å²) in [5, 5.41) is 5.53. The molecule has 2 atom stereocenters. The van der Waals surface area contributed by atoms with Gasteiger partial charge in [-0.3, -0.25) is 14.6 Å². The molecule has 3 heterocycles. The van der Waals surface area contributed by atoms with E-state index in [4.69, 9.17) is 4.74 Å². The van der Waals surface area contributed by atoms with Gasteiger partial charge >= 0.3 is 0 Å². The molecule has 5 heteroatoms. The molecule has 1 aliphatic rings. The highest BCUT2D eigenvalue weighted by Gasteiger charge is 2.26. The maximum Gasteiger partial charge on any atom is 0.0706 e. The topological polar surface area (TPSA) is 43.2 Å². The molecule has 0 saturated carbocycles. The molecule has 26 heavy (non-hydrogen) atoms. The Morgan fingerprint density at radius 1 is 1.15 bits per heavy atom. The van der Waals surface area contributed by atoms with Gasteiger partial charge in [0.25, 0.3) is 0 Å². The molecule has 0 unspecified atom stereocenters. The Hall–Kier alpha value is -2.24. The van der Waals surface area contributed by atoms with Gasteiger partial charge in [0.2, 0.25) is 0 Å². The number of hydrogen-bond donors (Lipinski definition) is 0. The zero-order valence-corrected chi connectivity index (χ0v) is 15.5. The standard InChI is InChI=1S/C21H26N4O/c1-24(14-17-4-3-9-22-12-17)15-20-7-6-19(26-20)11-16-5-8-21-18(10-16)13-23-25(21)2/h3-5,8-10,12-13,19-20H,6-7,11,14-15H2,1-2H3/t19-,20+/m0/s1. The normalized spacial score (nSPS) is 20.3. The highest BCUT2D eigenvalue weighted by Crippen LogP contribution is 2.25. The number of aromatic nitrogens is 3. The van der Waals surface area contributed by atoms with Crippen LogP contribution in [0.3, 0.4) is 0 Å². The molecule has 2 aromatic heterocycles. The van der Waals surface area contributed by atoms with Crippen LogP contribution in [0.15, 0.2) is 48.9 Å². The van der Waals surface area contributed by atoms with E-state index < -0.39 is 0 Å². The van der Waals surface area contributed by atoms with Gasteiger partial charge in [-0.15, -0.1) is 0 Å². The lowest BCUT2D eigenvalue weighted by molar-refractivity contribution is 0.0267. The van der Waals surface area contributed by atoms with E-state index in [0.29, 0.717) is 12.2 Å². The van der Waals surface area contributed by atoms with Crippen LogP contribution in [0, 0.1) is 0 Å². The fourth-order valence-electron chi connectivity index (χ4n) is 3.88. The zero-order valence-electron chi connectivity index (χ0n) is 15.5. The Labute approximate surface area is 154 Å². The third-order valence-electron chi connectivity index (χ3n) is 5.16. The van der Waals surface area contributed by atoms with Crippen LogP contribution in [0.25, 0.3) is 10.9 Å². The van der Waals surface area contributed by atoms with Crippen molar-refractivity contribution in [3.05, 3.63) is 60.0 Å². The quantitative estimate of drug-likeness (QED) is 0.685. The summed E-state index contributed by atoms with van der Waals surface area (Å²) in [5.41, 5.74) is 3.75. The number of ether oxygens (including phenoxy) is 1. The number of rotatable bonds is 6. The fraction of sp³-hybridized carbons (Fsp3) is 0.429. The van der Waals surface area contributed by atoms with E-state index in [-0.39, 0.29) is 0 Å². The molecule has 136 valence electrons. The average Bonchev–Trinajstić information content (AvgIpc) is 3.22. The number of nitrogens with zero attached hydrogens (tertiary/aromatic N) is 4. The Morgan fingerprint density at radius 2 is 2.04 bits per heavy atom. The number of pyridine rings is 1. The molecule has 1 fully saturated rings. The second kappa shape index (κ2) is 7.56. The molecule has 0 aliphatic carbocycles. The largest absolute Gasteiger partial charge is 0.373 e. The van der Waals surface area contributed by atoms with Gasteiger partial charge in [0, 0.05) is 37.9 Å². The first kappa shape index (κ1) is 17.2. The Bertz CT molecular complexity index is 861. The van der Waals surface area contributed by atoms with Crippen LogP contribution in [0.2, 0.25) is 0 Å². The molecular weight excluding hydrogens is 324 g/mol. The molecule has 1 saturated heterocycles. The lowest BCUT2D eigenvalue weighted by Gasteiger charge is -2.21. The van der Waals surface area contributed by atoms with Crippen LogP contribution in [0.5, 0.6) is 0 Å². The third kappa shape index (κ3) is 3.94. The van der Waals surface area contributed by atoms with E-state index in [2.05, 4.69) is 46.3 Å². The Balaban J connectivity index is 1.30. The molecule has 0 spiro atoms. The third-order valence-corrected chi connectivity index (χ3v) is 5.16. The maximum absolute atomic E-state index is 6.31. The molecule has 0 bridgehead atoms. The minimum absolute atomic E-state index is 0.320. The van der Waals surface area contributed by atoms with Crippen LogP contribution >= 0.6 is 0 Å². The lowest BCUT2D eigenvalue weighted by Crippen LogP contribution is -2.29. The van der Waals surface area contributed by atoms with E-state index >= 15 is 0 Å². The van der Waals surface area contributed by atoms with Crippen LogP contribution in [-0.4, -0.2) is 45.5 Å². The van der Waals surface area contributed by atoms with E-state index in [1.807, 2.05) is 36.4 Å². The van der Waals surface area contributed by atoms with Crippen molar-refractivity contribution in [3.63, 3.8) is 0 Å². The van der Waals surface area contributed by atoms with E-state index in [1.54, 1.807) is 0 Å². The molecule has 0 N–H and O–H groups in total. The Kier molecular flexibility index (Phi) is 5.00. The summed E-state index contributed by atoms with van der Waals surface area (Å²) in [4.78, 5) is 6.51. The molecule has 1 aromatic carbocycles. The summed E-state index contributed by atoms with van der Waals surface area (Å²) in [6.07, 6.45) is 9.58. The number of fused-ring (bicyclic) bond motifs is 1. The first-order chi connectivity index (χ1) is 12.7. The monoisotopic (exact) mass is 350 g/mol. The zero-order chi connectivity index (χ0) is 17.9. The van der Waals surface area contributed by atoms with Crippen molar-refractivity contribution in [1.29, 1.82) is 0 Å². The molecule has 1 aliphatic heterocycles. The summed E-state index contributed by atoms with van der Waals surface area (Å²) in [7, 11) is 4.13. The van der Waals surface area contributed by atoms with Crippen molar-refractivity contribution >= 4 is 10.9 Å². The van der Waals surface area contributed by atoms with Gasteiger partial charge in [-0.1, -0.05) is 12.1 Å². The van der Waals surface area contributed by atoms with Crippen molar-refractivity contribution < 1.29 is 4.74 Å². The van der Waals surface area contributed by atoms with Gasteiger partial charge in [-0.2, -0.15) is 5.10 Å². The van der Waals surface area contributed by atoms with Crippen LogP contribution in [-0.2, 0) is 24.8 Å². The minimum Gasteiger partial charge on any atom is -0.373 e. The number of likely N-dealkylation sites (N-methyl/N-ethyl adjacent to an activating group) is 1. The van der Waals surface area contributed by atoms with E-state index in [9.17, 15) is 0 Å². The van der Waals surface area contributed by atoms with Gasteiger partial charge in [0.05, 0.1) is 23.9 Å². The summed E-state index contributed by atoms with van der Waals surface area (Å²) < 4.78 is 8.23. The Morgan fingerprint density at radius 3 is 2.88 bits per heavy atom. The average molecular weight is 350 g/mol. The van der Waals surface area contributed by atoms with Crippen molar-refractivity contribution in [3.8, 4) is 0 Å². The second-order valence-corrected chi connectivity index (χ2v) is 7.38. The van der Waals surface area contributed by atoms with Crippen LogP contribution in [0.4, 0.5) is 0 Å². The smallest absolute Gasteiger partial charge is 0.0706 e. The summed E-state index contributed by atoms with van der Waals surface area (Å²) >= 11 is 0. The van der Waals surface area contributed by atoms with Crippen molar-refractivity contribution in [2.24, 2.45) is 7.05 Å². The summed E-state index contributed by atoms with van der Waals surface area (Å²) in [6, 6.07) is 10.7. The number of hydrogen-bond acceptors (Lipinski definition) is 4. The predicted octanol–water partition coefficient (Wildman–Crippen LogP) is 3.19. The van der Waals surface area contributed by atoms with E-state index in [1.165, 1.54) is 22.0 Å². The molecule has 0 amide bonds. The van der Waals surface area contributed by atoms with Gasteiger partial charge < -0.3 is 4.74 Å². The van der Waals surface area contributed by atoms with Crippen LogP contribution < -0.4 is 0 Å². The van der Waals surface area contributed by atoms with Crippen molar-refractivity contribution in [1.82, 2.24) is 19.7 Å². The first-order valence-corrected chi connectivity index (χ1v) is 9.31. The minimum atomic E-state index is 0.320. The molecule has 5 nitrogen and oxygen atoms in total. The number of benzene rings is 1. The predicted molar refractivity (Wildman–Crippen MR) is 103 cm³/mol. The van der Waals surface area contributed by atoms with Crippen molar-refractivity contribution in [2.45, 2.75) is 38.0 Å². The van der Waals surface area contributed by atoms with E-state index in [0.717, 1.165) is 32.4 Å². The maximum atomic E-state index is 6.31. The van der Waals surface area contributed by atoms with Gasteiger partial charge in [-0.25, -0.2) is 0 Å². The fourth-order valence-corrected chi connectivity index (χ4v) is 3.88.